The van der Waals surface area contributed by atoms with Crippen molar-refractivity contribution < 1.29 is 0 Å². The van der Waals surface area contributed by atoms with Gasteiger partial charge in [-0.05, 0) is 32.6 Å². The van der Waals surface area contributed by atoms with E-state index in [4.69, 9.17) is 4.99 Å². The summed E-state index contributed by atoms with van der Waals surface area (Å²) < 4.78 is 2.14. The van der Waals surface area contributed by atoms with Crippen LogP contribution in [0.3, 0.4) is 0 Å². The van der Waals surface area contributed by atoms with Crippen LogP contribution in [0.4, 0.5) is 0 Å². The van der Waals surface area contributed by atoms with Gasteiger partial charge in [-0.2, -0.15) is 0 Å². The molecule has 1 N–H and O–H groups in total. The summed E-state index contributed by atoms with van der Waals surface area (Å²) in [6.45, 7) is 8.89. The standard InChI is InChI=1S/C15H29N5/c1-6-16-15(17-10-12-18(3)7-2)20(5)13-14-9-8-11-19(14)4/h8-9,11H,6-7,10,12-13H2,1-5H3,(H,16,17). The van der Waals surface area contributed by atoms with Gasteiger partial charge in [0.2, 0.25) is 0 Å². The zero-order chi connectivity index (χ0) is 15.0. The minimum absolute atomic E-state index is 0.824. The van der Waals surface area contributed by atoms with Gasteiger partial charge >= 0.3 is 0 Å². The third-order valence-corrected chi connectivity index (χ3v) is 3.43. The Hall–Kier alpha value is -1.49. The maximum Gasteiger partial charge on any atom is 0.194 e. The molecule has 5 nitrogen and oxygen atoms in total. The van der Waals surface area contributed by atoms with Crippen molar-refractivity contribution in [2.24, 2.45) is 12.0 Å². The van der Waals surface area contributed by atoms with Gasteiger partial charge in [0.05, 0.1) is 13.1 Å². The first-order valence-electron chi connectivity index (χ1n) is 7.36. The van der Waals surface area contributed by atoms with Crippen LogP contribution < -0.4 is 5.32 Å². The zero-order valence-corrected chi connectivity index (χ0v) is 13.6. The number of aryl methyl sites for hydroxylation is 1. The normalized spacial score (nSPS) is 12.0. The van der Waals surface area contributed by atoms with Gasteiger partial charge in [0, 0.05) is 39.1 Å². The molecule has 1 aromatic rings. The van der Waals surface area contributed by atoms with Crippen LogP contribution >= 0.6 is 0 Å². The van der Waals surface area contributed by atoms with Crippen molar-refractivity contribution in [3.8, 4) is 0 Å². The SMILES string of the molecule is CCNC(=NCCN(C)CC)N(C)Cc1cccn1C. The summed E-state index contributed by atoms with van der Waals surface area (Å²) in [5.41, 5.74) is 1.28. The topological polar surface area (TPSA) is 35.8 Å². The van der Waals surface area contributed by atoms with Crippen LogP contribution in [-0.2, 0) is 13.6 Å². The Morgan fingerprint density at radius 1 is 1.35 bits per heavy atom. The van der Waals surface area contributed by atoms with E-state index in [1.54, 1.807) is 0 Å². The van der Waals surface area contributed by atoms with Crippen molar-refractivity contribution in [1.29, 1.82) is 0 Å². The van der Waals surface area contributed by atoms with Gasteiger partial charge in [0.1, 0.15) is 0 Å². The molecule has 0 saturated carbocycles. The molecule has 0 aliphatic rings. The summed E-state index contributed by atoms with van der Waals surface area (Å²) >= 11 is 0. The predicted molar refractivity (Wildman–Crippen MR) is 86.0 cm³/mol. The van der Waals surface area contributed by atoms with Gasteiger partial charge in [-0.15, -0.1) is 0 Å². The van der Waals surface area contributed by atoms with Gasteiger partial charge in [0.15, 0.2) is 5.96 Å². The van der Waals surface area contributed by atoms with E-state index in [1.807, 2.05) is 0 Å². The Balaban J connectivity index is 2.59. The third kappa shape index (κ3) is 5.25. The number of nitrogens with zero attached hydrogens (tertiary/aromatic N) is 4. The van der Waals surface area contributed by atoms with E-state index < -0.39 is 0 Å². The van der Waals surface area contributed by atoms with E-state index in [0.29, 0.717) is 0 Å². The van der Waals surface area contributed by atoms with E-state index in [-0.39, 0.29) is 0 Å². The largest absolute Gasteiger partial charge is 0.357 e. The lowest BCUT2D eigenvalue weighted by molar-refractivity contribution is 0.361. The van der Waals surface area contributed by atoms with Crippen LogP contribution in [0.5, 0.6) is 0 Å². The number of hydrogen-bond donors (Lipinski definition) is 1. The van der Waals surface area contributed by atoms with Crippen molar-refractivity contribution in [3.63, 3.8) is 0 Å². The van der Waals surface area contributed by atoms with Crippen LogP contribution in [-0.4, -0.2) is 60.6 Å². The molecule has 20 heavy (non-hydrogen) atoms. The number of aliphatic imine (C=N–C) groups is 1. The Bertz CT molecular complexity index is 410. The molecule has 0 spiro atoms. The van der Waals surface area contributed by atoms with Crippen LogP contribution in [0.25, 0.3) is 0 Å². The molecule has 0 aliphatic carbocycles. The average molecular weight is 279 g/mol. The highest BCUT2D eigenvalue weighted by atomic mass is 15.3. The zero-order valence-electron chi connectivity index (χ0n) is 13.6. The number of aromatic nitrogens is 1. The smallest absolute Gasteiger partial charge is 0.194 e. The fourth-order valence-corrected chi connectivity index (χ4v) is 1.93. The van der Waals surface area contributed by atoms with E-state index >= 15 is 0 Å². The summed E-state index contributed by atoms with van der Waals surface area (Å²) in [4.78, 5) is 9.13. The van der Waals surface area contributed by atoms with E-state index in [0.717, 1.165) is 38.7 Å². The second kappa shape index (κ2) is 8.64. The van der Waals surface area contributed by atoms with E-state index in [9.17, 15) is 0 Å². The Labute approximate surface area is 123 Å². The highest BCUT2D eigenvalue weighted by Crippen LogP contribution is 2.03. The van der Waals surface area contributed by atoms with Crippen molar-refractivity contribution in [2.45, 2.75) is 20.4 Å². The van der Waals surface area contributed by atoms with E-state index in [2.05, 4.69) is 73.0 Å². The minimum atomic E-state index is 0.824. The molecule has 0 radical (unpaired) electrons. The first-order chi connectivity index (χ1) is 9.58. The van der Waals surface area contributed by atoms with Gasteiger partial charge in [-0.25, -0.2) is 0 Å². The lowest BCUT2D eigenvalue weighted by Crippen LogP contribution is -2.39. The van der Waals surface area contributed by atoms with E-state index in [1.165, 1.54) is 5.69 Å². The van der Waals surface area contributed by atoms with Gasteiger partial charge < -0.3 is 19.7 Å². The number of rotatable bonds is 7. The van der Waals surface area contributed by atoms with Crippen molar-refractivity contribution in [2.75, 3.05) is 40.3 Å². The number of likely N-dealkylation sites (N-methyl/N-ethyl adjacent to an activating group) is 1. The van der Waals surface area contributed by atoms with Gasteiger partial charge in [-0.3, -0.25) is 4.99 Å². The maximum atomic E-state index is 4.69. The maximum absolute atomic E-state index is 4.69. The fraction of sp³-hybridized carbons (Fsp3) is 0.667. The molecule has 0 amide bonds. The molecular weight excluding hydrogens is 250 g/mol. The quantitative estimate of drug-likeness (QED) is 0.605. The molecule has 5 heteroatoms. The molecule has 0 saturated heterocycles. The van der Waals surface area contributed by atoms with Crippen LogP contribution in [0, 0.1) is 0 Å². The summed E-state index contributed by atoms with van der Waals surface area (Å²) in [7, 11) is 6.28. The molecule has 0 aromatic carbocycles. The number of guanidine groups is 1. The summed E-state index contributed by atoms with van der Waals surface area (Å²) in [5, 5.41) is 3.35. The predicted octanol–water partition coefficient (Wildman–Crippen LogP) is 1.37. The molecule has 0 aliphatic heterocycles. The highest BCUT2D eigenvalue weighted by Gasteiger charge is 2.08. The molecule has 0 bridgehead atoms. The summed E-state index contributed by atoms with van der Waals surface area (Å²) in [6, 6.07) is 4.22. The Morgan fingerprint density at radius 3 is 2.65 bits per heavy atom. The molecule has 0 fully saturated rings. The average Bonchev–Trinajstić information content (AvgIpc) is 2.83. The molecule has 1 heterocycles. The first-order valence-corrected chi connectivity index (χ1v) is 7.36. The molecule has 0 atom stereocenters. The first kappa shape index (κ1) is 16.6. The van der Waals surface area contributed by atoms with Gasteiger partial charge in [0.25, 0.3) is 0 Å². The minimum Gasteiger partial charge on any atom is -0.357 e. The monoisotopic (exact) mass is 279 g/mol. The number of nitrogens with one attached hydrogen (secondary N) is 1. The van der Waals surface area contributed by atoms with Gasteiger partial charge in [-0.1, -0.05) is 6.92 Å². The molecule has 1 rings (SSSR count). The van der Waals surface area contributed by atoms with Crippen molar-refractivity contribution in [1.82, 2.24) is 19.7 Å². The van der Waals surface area contributed by atoms with Crippen LogP contribution in [0.2, 0.25) is 0 Å². The molecular formula is C15H29N5. The third-order valence-electron chi connectivity index (χ3n) is 3.43. The lowest BCUT2D eigenvalue weighted by atomic mass is 10.4. The van der Waals surface area contributed by atoms with Crippen LogP contribution in [0.1, 0.15) is 19.5 Å². The molecule has 114 valence electrons. The molecule has 1 aromatic heterocycles. The second-order valence-electron chi connectivity index (χ2n) is 5.10. The highest BCUT2D eigenvalue weighted by molar-refractivity contribution is 5.79. The lowest BCUT2D eigenvalue weighted by Gasteiger charge is -2.22. The fourth-order valence-electron chi connectivity index (χ4n) is 1.93. The Morgan fingerprint density at radius 2 is 2.10 bits per heavy atom. The van der Waals surface area contributed by atoms with Crippen molar-refractivity contribution >= 4 is 5.96 Å². The van der Waals surface area contributed by atoms with Crippen molar-refractivity contribution in [3.05, 3.63) is 24.0 Å². The molecule has 0 unspecified atom stereocenters. The Kier molecular flexibility index (Phi) is 7.15. The summed E-state index contributed by atoms with van der Waals surface area (Å²) in [6.07, 6.45) is 2.07. The number of hydrogen-bond acceptors (Lipinski definition) is 2. The van der Waals surface area contributed by atoms with Crippen LogP contribution in [0.15, 0.2) is 23.3 Å². The summed E-state index contributed by atoms with van der Waals surface area (Å²) in [5.74, 6) is 0.971. The second-order valence-corrected chi connectivity index (χ2v) is 5.10.